The highest BCUT2D eigenvalue weighted by Gasteiger charge is 2.11. The Morgan fingerprint density at radius 3 is 2.80 bits per heavy atom. The van der Waals surface area contributed by atoms with E-state index >= 15 is 0 Å². The Labute approximate surface area is 148 Å². The smallest absolute Gasteiger partial charge is 0.262 e. The van der Waals surface area contributed by atoms with Crippen molar-refractivity contribution in [2.45, 2.75) is 6.54 Å². The second-order valence-electron chi connectivity index (χ2n) is 5.59. The molecule has 1 aromatic carbocycles. The molecule has 0 amide bonds. The van der Waals surface area contributed by atoms with Gasteiger partial charge in [-0.25, -0.2) is 4.98 Å². The van der Waals surface area contributed by atoms with Crippen LogP contribution in [-0.4, -0.2) is 21.6 Å². The summed E-state index contributed by atoms with van der Waals surface area (Å²) in [5, 5.41) is 0.641. The van der Waals surface area contributed by atoms with Crippen LogP contribution in [0.15, 0.2) is 66.0 Å². The Morgan fingerprint density at radius 2 is 2.00 bits per heavy atom. The van der Waals surface area contributed by atoms with Gasteiger partial charge in [-0.2, -0.15) is 0 Å². The lowest BCUT2D eigenvalue weighted by Crippen LogP contribution is -2.20. The summed E-state index contributed by atoms with van der Waals surface area (Å²) in [5.41, 5.74) is 1.99. The molecule has 5 nitrogen and oxygen atoms in total. The molecule has 0 radical (unpaired) electrons. The molecule has 4 aromatic rings. The van der Waals surface area contributed by atoms with E-state index in [4.69, 9.17) is 4.74 Å². The summed E-state index contributed by atoms with van der Waals surface area (Å²) in [7, 11) is 1.63. The van der Waals surface area contributed by atoms with Crippen molar-refractivity contribution in [3.8, 4) is 16.2 Å². The molecule has 25 heavy (non-hydrogen) atoms. The van der Waals surface area contributed by atoms with Gasteiger partial charge < -0.3 is 4.74 Å². The summed E-state index contributed by atoms with van der Waals surface area (Å²) >= 11 is 1.51. The van der Waals surface area contributed by atoms with Crippen molar-refractivity contribution in [2.24, 2.45) is 0 Å². The molecule has 0 bridgehead atoms. The predicted molar refractivity (Wildman–Crippen MR) is 99.2 cm³/mol. The monoisotopic (exact) mass is 349 g/mol. The van der Waals surface area contributed by atoms with Gasteiger partial charge in [0.15, 0.2) is 0 Å². The number of pyridine rings is 1. The Bertz CT molecular complexity index is 1090. The van der Waals surface area contributed by atoms with Crippen molar-refractivity contribution in [3.63, 3.8) is 0 Å². The van der Waals surface area contributed by atoms with Crippen LogP contribution in [0.3, 0.4) is 0 Å². The van der Waals surface area contributed by atoms with Gasteiger partial charge in [0.1, 0.15) is 10.6 Å². The second kappa shape index (κ2) is 6.49. The normalized spacial score (nSPS) is 10.9. The lowest BCUT2D eigenvalue weighted by atomic mass is 10.2. The lowest BCUT2D eigenvalue weighted by Gasteiger charge is -2.07. The van der Waals surface area contributed by atoms with E-state index in [0.717, 1.165) is 26.6 Å². The number of nitrogens with zero attached hydrogens (tertiary/aromatic N) is 3. The molecule has 0 fully saturated rings. The maximum atomic E-state index is 12.8. The molecule has 3 heterocycles. The predicted octanol–water partition coefficient (Wildman–Crippen LogP) is 3.58. The third kappa shape index (κ3) is 3.04. The van der Waals surface area contributed by atoms with E-state index in [-0.39, 0.29) is 5.56 Å². The van der Waals surface area contributed by atoms with Crippen molar-refractivity contribution in [1.29, 1.82) is 0 Å². The first-order valence-electron chi connectivity index (χ1n) is 7.77. The zero-order valence-electron chi connectivity index (χ0n) is 13.5. The number of ether oxygens (including phenoxy) is 1. The van der Waals surface area contributed by atoms with Crippen LogP contribution in [0.4, 0.5) is 0 Å². The zero-order valence-corrected chi connectivity index (χ0v) is 14.4. The third-order valence-corrected chi connectivity index (χ3v) is 5.06. The summed E-state index contributed by atoms with van der Waals surface area (Å²) in [6.07, 6.45) is 5.10. The van der Waals surface area contributed by atoms with Crippen molar-refractivity contribution in [3.05, 3.63) is 77.1 Å². The fourth-order valence-electron chi connectivity index (χ4n) is 2.70. The van der Waals surface area contributed by atoms with Crippen LogP contribution in [0.1, 0.15) is 5.56 Å². The number of aromatic nitrogens is 3. The molecule has 0 unspecified atom stereocenters. The molecule has 0 atom stereocenters. The standard InChI is InChI=1S/C19H15N3O2S/c1-24-15-4-2-3-13(9-15)11-22-12-21-18-16(19(22)23)10-17(25-18)14-5-7-20-8-6-14/h2-10,12H,11H2,1H3. The van der Waals surface area contributed by atoms with Crippen LogP contribution in [0.25, 0.3) is 20.7 Å². The topological polar surface area (TPSA) is 57.0 Å². The maximum Gasteiger partial charge on any atom is 0.262 e. The Kier molecular flexibility index (Phi) is 4.03. The average Bonchev–Trinajstić information content (AvgIpc) is 3.10. The first-order chi connectivity index (χ1) is 12.2. The van der Waals surface area contributed by atoms with Crippen LogP contribution < -0.4 is 10.3 Å². The fourth-order valence-corrected chi connectivity index (χ4v) is 3.69. The van der Waals surface area contributed by atoms with E-state index in [1.165, 1.54) is 11.3 Å². The van der Waals surface area contributed by atoms with Gasteiger partial charge in [-0.3, -0.25) is 14.3 Å². The molecule has 4 rings (SSSR count). The molecule has 0 aliphatic rings. The highest BCUT2D eigenvalue weighted by Crippen LogP contribution is 2.30. The molecule has 0 aliphatic carbocycles. The van der Waals surface area contributed by atoms with E-state index in [0.29, 0.717) is 11.9 Å². The van der Waals surface area contributed by atoms with Crippen LogP contribution in [-0.2, 0) is 6.54 Å². The van der Waals surface area contributed by atoms with E-state index in [1.807, 2.05) is 42.5 Å². The number of rotatable bonds is 4. The quantitative estimate of drug-likeness (QED) is 0.565. The maximum absolute atomic E-state index is 12.8. The van der Waals surface area contributed by atoms with Crippen molar-refractivity contribution < 1.29 is 4.74 Å². The van der Waals surface area contributed by atoms with E-state index in [1.54, 1.807) is 30.4 Å². The fraction of sp³-hybridized carbons (Fsp3) is 0.105. The van der Waals surface area contributed by atoms with E-state index in [9.17, 15) is 4.79 Å². The largest absolute Gasteiger partial charge is 0.497 e. The summed E-state index contributed by atoms with van der Waals surface area (Å²) in [4.78, 5) is 23.1. The summed E-state index contributed by atoms with van der Waals surface area (Å²) < 4.78 is 6.86. The molecule has 124 valence electrons. The van der Waals surface area contributed by atoms with Gasteiger partial charge in [0, 0.05) is 17.3 Å². The van der Waals surface area contributed by atoms with Gasteiger partial charge in [0.25, 0.3) is 5.56 Å². The second-order valence-corrected chi connectivity index (χ2v) is 6.63. The van der Waals surface area contributed by atoms with Crippen LogP contribution >= 0.6 is 11.3 Å². The molecule has 0 saturated heterocycles. The molecule has 0 saturated carbocycles. The van der Waals surface area contributed by atoms with Gasteiger partial charge in [0.2, 0.25) is 0 Å². The van der Waals surface area contributed by atoms with Crippen molar-refractivity contribution in [1.82, 2.24) is 14.5 Å². The minimum Gasteiger partial charge on any atom is -0.497 e. The molecule has 0 spiro atoms. The van der Waals surface area contributed by atoms with Crippen LogP contribution in [0.2, 0.25) is 0 Å². The Hall–Kier alpha value is -2.99. The van der Waals surface area contributed by atoms with E-state index < -0.39 is 0 Å². The number of hydrogen-bond donors (Lipinski definition) is 0. The van der Waals surface area contributed by atoms with Crippen LogP contribution in [0.5, 0.6) is 5.75 Å². The van der Waals surface area contributed by atoms with Gasteiger partial charge in [-0.1, -0.05) is 12.1 Å². The lowest BCUT2D eigenvalue weighted by molar-refractivity contribution is 0.414. The first kappa shape index (κ1) is 15.5. The third-order valence-electron chi connectivity index (χ3n) is 3.97. The Balaban J connectivity index is 1.74. The summed E-state index contributed by atoms with van der Waals surface area (Å²) in [5.74, 6) is 0.773. The van der Waals surface area contributed by atoms with Gasteiger partial charge >= 0.3 is 0 Å². The Morgan fingerprint density at radius 1 is 1.16 bits per heavy atom. The number of methoxy groups -OCH3 is 1. The average molecular weight is 349 g/mol. The summed E-state index contributed by atoms with van der Waals surface area (Å²) in [6.45, 7) is 0.458. The van der Waals surface area contributed by atoms with Gasteiger partial charge in [-0.15, -0.1) is 11.3 Å². The highest BCUT2D eigenvalue weighted by molar-refractivity contribution is 7.21. The van der Waals surface area contributed by atoms with E-state index in [2.05, 4.69) is 9.97 Å². The van der Waals surface area contributed by atoms with Crippen molar-refractivity contribution in [2.75, 3.05) is 7.11 Å². The number of benzene rings is 1. The van der Waals surface area contributed by atoms with Gasteiger partial charge in [0.05, 0.1) is 25.4 Å². The minimum atomic E-state index is -0.0376. The molecule has 6 heteroatoms. The molecule has 3 aromatic heterocycles. The molecular weight excluding hydrogens is 334 g/mol. The number of hydrogen-bond acceptors (Lipinski definition) is 5. The van der Waals surface area contributed by atoms with Crippen LogP contribution in [0, 0.1) is 0 Å². The SMILES string of the molecule is COc1cccc(Cn2cnc3sc(-c4ccncc4)cc3c2=O)c1. The van der Waals surface area contributed by atoms with Crippen molar-refractivity contribution >= 4 is 21.6 Å². The zero-order chi connectivity index (χ0) is 17.2. The molecule has 0 aliphatic heterocycles. The molecular formula is C19H15N3O2S. The number of fused-ring (bicyclic) bond motifs is 1. The molecule has 0 N–H and O–H groups in total. The number of thiophene rings is 1. The summed E-state index contributed by atoms with van der Waals surface area (Å²) in [6, 6.07) is 13.5. The minimum absolute atomic E-state index is 0.0376. The first-order valence-corrected chi connectivity index (χ1v) is 8.58. The highest BCUT2D eigenvalue weighted by atomic mass is 32.1. The van der Waals surface area contributed by atoms with Gasteiger partial charge in [-0.05, 0) is 41.5 Å².